The van der Waals surface area contributed by atoms with E-state index in [1.165, 1.54) is 48.5 Å². The number of carbonyl (C=O) groups is 4. The van der Waals surface area contributed by atoms with E-state index in [2.05, 4.69) is 41.5 Å². The maximum absolute atomic E-state index is 12.9. The largest absolute Gasteiger partial charge is 0.508 e. The Bertz CT molecular complexity index is 4560. The van der Waals surface area contributed by atoms with Crippen molar-refractivity contribution >= 4 is 88.7 Å². The molecule has 1 fully saturated rings. The summed E-state index contributed by atoms with van der Waals surface area (Å²) in [4.78, 5) is 55.2. The summed E-state index contributed by atoms with van der Waals surface area (Å²) >= 11 is 10.1. The van der Waals surface area contributed by atoms with Gasteiger partial charge in [-0.05, 0) is 177 Å². The molecule has 37 heteroatoms. The first-order valence-electron chi connectivity index (χ1n) is 33.6. The fourth-order valence-corrected chi connectivity index (χ4v) is 9.59. The molecule has 0 saturated carbocycles. The summed E-state index contributed by atoms with van der Waals surface area (Å²) in [6.07, 6.45) is -16.7. The van der Waals surface area contributed by atoms with Gasteiger partial charge in [-0.2, -0.15) is 75.9 Å². The van der Waals surface area contributed by atoms with E-state index in [1.54, 1.807) is 48.7 Å². The molecular formula is C80H81Cl4F15N6O11S. The fraction of sp³-hybridized carbons (Fsp3) is 0.325. The number of aliphatic carboxylic acids is 1. The summed E-state index contributed by atoms with van der Waals surface area (Å²) in [6, 6.07) is 40.4. The molecule has 7 aromatic carbocycles. The number of carboxylic acid groups (broad SMARTS) is 1. The molecule has 17 nitrogen and oxygen atoms in total. The lowest BCUT2D eigenvalue weighted by atomic mass is 10.0. The van der Waals surface area contributed by atoms with Crippen molar-refractivity contribution in [3.05, 3.63) is 260 Å². The Kier molecular flexibility index (Phi) is 45.1. The van der Waals surface area contributed by atoms with Gasteiger partial charge in [-0.1, -0.05) is 106 Å². The van der Waals surface area contributed by atoms with Crippen LogP contribution in [0, 0.1) is 11.3 Å². The minimum absolute atomic E-state index is 0. The lowest BCUT2D eigenvalue weighted by Gasteiger charge is -2.11. The first kappa shape index (κ1) is 105. The molecule has 2 atom stereocenters. The van der Waals surface area contributed by atoms with E-state index in [0.717, 1.165) is 103 Å². The topological polar surface area (TPSA) is 264 Å². The van der Waals surface area contributed by atoms with Gasteiger partial charge in [0.1, 0.15) is 17.5 Å². The van der Waals surface area contributed by atoms with Crippen LogP contribution >= 0.6 is 44.8 Å². The van der Waals surface area contributed by atoms with Gasteiger partial charge in [-0.15, -0.1) is 0 Å². The Hall–Kier alpha value is -9.75. The van der Waals surface area contributed by atoms with Gasteiger partial charge in [-0.3, -0.25) is 27.9 Å². The highest BCUT2D eigenvalue weighted by Gasteiger charge is 2.34. The minimum Gasteiger partial charge on any atom is -0.508 e. The molecule has 0 radical (unpaired) electrons. The van der Waals surface area contributed by atoms with E-state index in [9.17, 15) is 95.2 Å². The molecule has 117 heavy (non-hydrogen) atoms. The minimum atomic E-state index is -4.41. The van der Waals surface area contributed by atoms with E-state index < -0.39 is 91.0 Å². The lowest BCUT2D eigenvalue weighted by molar-refractivity contribution is -0.138. The van der Waals surface area contributed by atoms with Crippen LogP contribution in [0.15, 0.2) is 182 Å². The van der Waals surface area contributed by atoms with E-state index >= 15 is 0 Å². The van der Waals surface area contributed by atoms with Gasteiger partial charge in [0.25, 0.3) is 0 Å². The predicted molar refractivity (Wildman–Crippen MR) is 414 cm³/mol. The van der Waals surface area contributed by atoms with Crippen molar-refractivity contribution in [3.63, 3.8) is 0 Å². The maximum Gasteiger partial charge on any atom is 0.416 e. The molecule has 10 rings (SSSR count). The average Bonchev–Trinajstić information content (AvgIpc) is 1.62. The van der Waals surface area contributed by atoms with E-state index in [4.69, 9.17) is 58.0 Å². The summed E-state index contributed by atoms with van der Waals surface area (Å²) in [7, 11) is 7.36. The molecule has 2 unspecified atom stereocenters. The van der Waals surface area contributed by atoms with Crippen LogP contribution in [0.2, 0.25) is 0 Å². The normalized spacial score (nSPS) is 12.6. The smallest absolute Gasteiger partial charge is 0.416 e. The Balaban J connectivity index is 0.000000721. The van der Waals surface area contributed by atoms with Crippen LogP contribution in [0.1, 0.15) is 141 Å². The number of halogens is 19. The zero-order valence-electron chi connectivity index (χ0n) is 61.2. The highest BCUT2D eigenvalue weighted by molar-refractivity contribution is 8.26. The number of imidazole rings is 1. The molecule has 1 aliphatic heterocycles. The van der Waals surface area contributed by atoms with Crippen LogP contribution in [0.5, 0.6) is 11.6 Å². The molecule has 1 aliphatic rings. The standard InChI is InChI=1S/C27H20F3N3O2.C13H15F3O2.C10H7F3N2O.C9H6ClF3O.C9H7F3O2.C6H9NO.C4H9ClO.2CH4.Cl2OS/c28-27(29,30)20-10-6-18(7-11-20)15-23-26(35)33-16-24(19-8-12-21(34)13-9-19)31-22(25(33)32-23)14-17-4-2-1-3-5-17;1-3-18-9(2)12(17)8-10-4-6-11(7-5-10)13(14,15)16;11-10(12,13)8-3-1-7(2-4-8)5-9(16)6-15-14;10-8(14)5-6-1-3-7(4-2-6)9(11,12)13;10-9(11,12)7-3-1-6(2-4-7)5-8(13)14;7-4-3-6-2-1-5-8-6;1-4(2,3)6-5;;;1-4(2)3/h1-13,16,34-35H,14-15H2;4-7,9H,3,8H2,1-2H3;1-4,6H,5H2;1-4H,5H2;1-4H,5H2,(H,13,14);6H,1-3,5H2;1-3H3;2*1H4;. The van der Waals surface area contributed by atoms with Crippen LogP contribution in [0.3, 0.4) is 0 Å². The summed E-state index contributed by atoms with van der Waals surface area (Å²) in [6.45, 7) is 10.4. The summed E-state index contributed by atoms with van der Waals surface area (Å²) in [5, 5.41) is 36.6. The van der Waals surface area contributed by atoms with Crippen molar-refractivity contribution in [2.24, 2.45) is 0 Å². The lowest BCUT2D eigenvalue weighted by Crippen LogP contribution is -2.22. The Labute approximate surface area is 686 Å². The number of Topliss-reactive ketones (excluding diaryl/α,β-unsaturated/α-hetero) is 2. The first-order chi connectivity index (χ1) is 53.6. The third-order valence-electron chi connectivity index (χ3n) is 15.0. The van der Waals surface area contributed by atoms with E-state index in [0.29, 0.717) is 76.2 Å². The van der Waals surface area contributed by atoms with Crippen molar-refractivity contribution in [1.29, 1.82) is 5.26 Å². The van der Waals surface area contributed by atoms with Crippen molar-refractivity contribution in [2.75, 3.05) is 13.2 Å². The van der Waals surface area contributed by atoms with Crippen molar-refractivity contribution in [2.45, 2.75) is 156 Å². The average molecular weight is 1760 g/mol. The molecule has 0 amide bonds. The molecule has 0 spiro atoms. The second kappa shape index (κ2) is 50.1. The number of carbonyl (C=O) groups excluding carboxylic acids is 3. The maximum atomic E-state index is 12.9. The number of phenols is 1. The monoisotopic (exact) mass is 1760 g/mol. The van der Waals surface area contributed by atoms with Crippen molar-refractivity contribution < 1.29 is 123 Å². The third kappa shape index (κ3) is 41.3. The molecule has 0 bridgehead atoms. The third-order valence-corrected chi connectivity index (χ3v) is 15.6. The van der Waals surface area contributed by atoms with Crippen LogP contribution in [-0.4, -0.2) is 98.7 Å². The second-order valence-corrected chi connectivity index (χ2v) is 28.2. The van der Waals surface area contributed by atoms with Gasteiger partial charge in [0.2, 0.25) is 26.1 Å². The number of ketones is 2. The number of hydrogen-bond donors (Lipinski definition) is 3. The van der Waals surface area contributed by atoms with Gasteiger partial charge < -0.3 is 30.3 Å². The summed E-state index contributed by atoms with van der Waals surface area (Å²) < 4.78 is 210. The molecule has 3 N–H and O–H groups in total. The molecule has 2 aromatic heterocycles. The van der Waals surface area contributed by atoms with Crippen LogP contribution in [0.25, 0.3) is 22.4 Å². The number of aromatic hydroxyl groups is 2. The second-order valence-electron chi connectivity index (χ2n) is 25.1. The van der Waals surface area contributed by atoms with Gasteiger partial charge in [0.15, 0.2) is 11.4 Å². The predicted octanol–water partition coefficient (Wildman–Crippen LogP) is 22.1. The molecule has 0 aliphatic carbocycles. The Morgan fingerprint density at radius 1 is 0.615 bits per heavy atom. The number of aromatic nitrogens is 3. The van der Waals surface area contributed by atoms with Crippen LogP contribution in [-0.2, 0) is 112 Å². The number of alkyl halides is 15. The van der Waals surface area contributed by atoms with Gasteiger partial charge >= 0.3 is 43.1 Å². The number of ether oxygens (including phenoxy) is 2. The Morgan fingerprint density at radius 3 is 1.34 bits per heavy atom. The zero-order chi connectivity index (χ0) is 86.7. The van der Waals surface area contributed by atoms with Crippen LogP contribution < -0.4 is 0 Å². The number of fused-ring (bicyclic) bond motifs is 1. The number of rotatable bonds is 18. The highest BCUT2D eigenvalue weighted by atomic mass is 36.0. The summed E-state index contributed by atoms with van der Waals surface area (Å²) in [5.41, 5.74) is 10.3. The number of carboxylic acids is 1. The van der Waals surface area contributed by atoms with E-state index in [1.807, 2.05) is 51.1 Å². The highest BCUT2D eigenvalue weighted by Crippen LogP contribution is 2.35. The Morgan fingerprint density at radius 2 is 0.991 bits per heavy atom. The summed E-state index contributed by atoms with van der Waals surface area (Å²) in [5.74, 6) is -1.66. The van der Waals surface area contributed by atoms with Crippen molar-refractivity contribution in [1.82, 2.24) is 14.4 Å². The number of phenolic OH excluding ortho intramolecular Hbond substituents is 1. The quantitative estimate of drug-likeness (QED) is 0.0237. The van der Waals surface area contributed by atoms with E-state index in [-0.39, 0.29) is 76.1 Å². The van der Waals surface area contributed by atoms with Crippen LogP contribution in [0.4, 0.5) is 65.9 Å². The molecule has 9 aromatic rings. The number of hydrogen-bond acceptors (Lipinski definition) is 13. The van der Waals surface area contributed by atoms with Gasteiger partial charge in [0.05, 0.1) is 81.7 Å². The first-order valence-corrected chi connectivity index (χ1v) is 37.1. The zero-order valence-corrected chi connectivity index (χ0v) is 65.1. The molecule has 1 saturated heterocycles. The fourth-order valence-electron chi connectivity index (χ4n) is 9.43. The van der Waals surface area contributed by atoms with Crippen molar-refractivity contribution in [3.8, 4) is 29.0 Å². The number of nitriles is 1. The molecule has 3 heterocycles. The molecule has 636 valence electrons. The number of nitrogens with zero attached hydrogens (tertiary/aromatic N) is 6. The SMILES string of the molecule is C.C.CC(C)(C)OCl.CCOC(C)C(=O)Cc1ccc(C(F)(F)F)cc1.N#CCC1CCCO1.O=C(Cl)Cc1ccc(C(F)(F)F)cc1.O=C(O)Cc1ccc(C(F)(F)F)cc1.O=S(Cl)Cl.Oc1ccc(-c2cn3c(O)c(Cc4ccc(C(F)(F)F)cc4)nc3c(Cc3ccccc3)n2)cc1.[N-]=[N+]=CC(=O)Cc1ccc(C(F)(F)F)cc1. The number of benzene rings is 7. The molecular weight excluding hydrogens is 1680 g/mol. The van der Waals surface area contributed by atoms with Gasteiger partial charge in [-0.25, -0.2) is 14.2 Å². The van der Waals surface area contributed by atoms with Gasteiger partial charge in [0, 0.05) is 78.4 Å².